The van der Waals surface area contributed by atoms with Crippen LogP contribution < -0.4 is 5.32 Å². The van der Waals surface area contributed by atoms with Gasteiger partial charge in [-0.05, 0) is 65.4 Å². The van der Waals surface area contributed by atoms with Gasteiger partial charge in [-0.15, -0.1) is 11.3 Å². The van der Waals surface area contributed by atoms with Crippen LogP contribution in [-0.4, -0.2) is 10.9 Å². The van der Waals surface area contributed by atoms with Crippen molar-refractivity contribution in [3.8, 4) is 11.5 Å². The van der Waals surface area contributed by atoms with E-state index in [2.05, 4.69) is 32.9 Å². The average molecular weight is 410 g/mol. The summed E-state index contributed by atoms with van der Waals surface area (Å²) in [7, 11) is 0. The molecule has 21 heavy (non-hydrogen) atoms. The lowest BCUT2D eigenvalue weighted by atomic mass is 10.1. The number of carbonyl (C=O) groups excluding carboxylic acids is 1. The number of nitrogens with zero attached hydrogens (tertiary/aromatic N) is 1. The predicted octanol–water partition coefficient (Wildman–Crippen LogP) is 4.57. The molecule has 0 saturated heterocycles. The summed E-state index contributed by atoms with van der Waals surface area (Å²) in [5, 5.41) is 5.22. The lowest BCUT2D eigenvalue weighted by Gasteiger charge is -2.04. The molecule has 106 valence electrons. The van der Waals surface area contributed by atoms with Gasteiger partial charge in [-0.1, -0.05) is 0 Å². The van der Waals surface area contributed by atoms with Gasteiger partial charge in [0.15, 0.2) is 10.9 Å². The van der Waals surface area contributed by atoms with Crippen molar-refractivity contribution in [3.05, 3.63) is 56.7 Å². The predicted molar refractivity (Wildman–Crippen MR) is 91.7 cm³/mol. The van der Waals surface area contributed by atoms with Gasteiger partial charge < -0.3 is 4.42 Å². The number of halogens is 1. The first kappa shape index (κ1) is 14.3. The molecular weight excluding hydrogens is 399 g/mol. The van der Waals surface area contributed by atoms with Crippen molar-refractivity contribution in [3.63, 3.8) is 0 Å². The molecule has 0 aliphatic carbocycles. The summed E-state index contributed by atoms with van der Waals surface area (Å²) >= 11 is 3.62. The van der Waals surface area contributed by atoms with Gasteiger partial charge in [0.25, 0.3) is 5.91 Å². The van der Waals surface area contributed by atoms with Crippen molar-refractivity contribution in [1.82, 2.24) is 4.98 Å². The van der Waals surface area contributed by atoms with E-state index in [0.717, 1.165) is 14.8 Å². The summed E-state index contributed by atoms with van der Waals surface area (Å²) in [5.74, 6) is 0.534. The number of rotatable bonds is 3. The largest absolute Gasteiger partial charge is 0.463 e. The maximum absolute atomic E-state index is 12.2. The van der Waals surface area contributed by atoms with Crippen LogP contribution in [0.15, 0.2) is 46.4 Å². The monoisotopic (exact) mass is 410 g/mol. The highest BCUT2D eigenvalue weighted by Gasteiger charge is 2.11. The Hall–Kier alpha value is -1.67. The van der Waals surface area contributed by atoms with Crippen molar-refractivity contribution in [2.75, 3.05) is 5.32 Å². The van der Waals surface area contributed by atoms with Crippen molar-refractivity contribution in [1.29, 1.82) is 0 Å². The Morgan fingerprint density at radius 3 is 2.95 bits per heavy atom. The molecule has 3 rings (SSSR count). The number of hydrogen-bond acceptors (Lipinski definition) is 4. The highest BCUT2D eigenvalue weighted by Crippen LogP contribution is 2.25. The second kappa shape index (κ2) is 5.98. The zero-order valence-corrected chi connectivity index (χ0v) is 14.1. The molecule has 1 aromatic carbocycles. The van der Waals surface area contributed by atoms with Crippen LogP contribution in [0.4, 0.5) is 5.13 Å². The first-order valence-electron chi connectivity index (χ1n) is 6.20. The molecule has 0 unspecified atom stereocenters. The highest BCUT2D eigenvalue weighted by atomic mass is 127. The van der Waals surface area contributed by atoms with E-state index in [-0.39, 0.29) is 5.91 Å². The van der Waals surface area contributed by atoms with E-state index in [1.165, 1.54) is 11.3 Å². The lowest BCUT2D eigenvalue weighted by Crippen LogP contribution is -2.12. The van der Waals surface area contributed by atoms with Crippen molar-refractivity contribution >= 4 is 45.0 Å². The molecule has 1 N–H and O–H groups in total. The van der Waals surface area contributed by atoms with Crippen molar-refractivity contribution in [2.24, 2.45) is 0 Å². The molecule has 0 bridgehead atoms. The summed E-state index contributed by atoms with van der Waals surface area (Å²) < 4.78 is 6.42. The number of benzene rings is 1. The van der Waals surface area contributed by atoms with E-state index in [1.54, 1.807) is 12.3 Å². The van der Waals surface area contributed by atoms with Crippen LogP contribution in [-0.2, 0) is 0 Å². The fraction of sp³-hybridized carbons (Fsp3) is 0.0667. The molecule has 4 nitrogen and oxygen atoms in total. The van der Waals surface area contributed by atoms with Crippen LogP contribution in [0.5, 0.6) is 0 Å². The van der Waals surface area contributed by atoms with Crippen molar-refractivity contribution < 1.29 is 9.21 Å². The minimum absolute atomic E-state index is 0.158. The van der Waals surface area contributed by atoms with Gasteiger partial charge >= 0.3 is 0 Å². The molecule has 0 atom stereocenters. The summed E-state index contributed by atoms with van der Waals surface area (Å²) in [6.07, 6.45) is 1.60. The third-order valence-corrected chi connectivity index (χ3v) is 4.89. The zero-order valence-electron chi connectivity index (χ0n) is 11.1. The molecule has 0 aliphatic heterocycles. The molecule has 6 heteroatoms. The van der Waals surface area contributed by atoms with E-state index in [0.29, 0.717) is 16.5 Å². The van der Waals surface area contributed by atoms with Crippen LogP contribution in [0.3, 0.4) is 0 Å². The number of aryl methyl sites for hydroxylation is 1. The van der Waals surface area contributed by atoms with Crippen LogP contribution >= 0.6 is 33.9 Å². The first-order chi connectivity index (χ1) is 10.1. The number of carbonyl (C=O) groups is 1. The lowest BCUT2D eigenvalue weighted by molar-refractivity contribution is 0.102. The normalized spacial score (nSPS) is 10.6. The van der Waals surface area contributed by atoms with Gasteiger partial charge in [0.05, 0.1) is 6.26 Å². The van der Waals surface area contributed by atoms with Crippen LogP contribution in [0, 0.1) is 10.5 Å². The zero-order chi connectivity index (χ0) is 14.8. The molecule has 0 radical (unpaired) electrons. The second-order valence-corrected chi connectivity index (χ2v) is 6.45. The molecule has 0 fully saturated rings. The van der Waals surface area contributed by atoms with Gasteiger partial charge in [-0.3, -0.25) is 10.1 Å². The number of anilines is 1. The molecule has 1 amide bonds. The minimum Gasteiger partial charge on any atom is -0.463 e. The Bertz CT molecular complexity index is 781. The Labute approximate surface area is 139 Å². The maximum Gasteiger partial charge on any atom is 0.257 e. The number of amides is 1. The number of nitrogens with one attached hydrogen (secondary N) is 1. The fourth-order valence-corrected chi connectivity index (χ4v) is 2.85. The maximum atomic E-state index is 12.2. The van der Waals surface area contributed by atoms with Gasteiger partial charge in [0, 0.05) is 14.5 Å². The summed E-state index contributed by atoms with van der Waals surface area (Å²) in [6.45, 7) is 1.98. The van der Waals surface area contributed by atoms with E-state index in [4.69, 9.17) is 4.42 Å². The molecule has 3 aromatic rings. The topological polar surface area (TPSA) is 55.1 Å². The van der Waals surface area contributed by atoms with Gasteiger partial charge in [0.1, 0.15) is 5.69 Å². The van der Waals surface area contributed by atoms with Crippen LogP contribution in [0.25, 0.3) is 11.5 Å². The molecule has 2 heterocycles. The Kier molecular flexibility index (Phi) is 4.07. The minimum atomic E-state index is -0.158. The van der Waals surface area contributed by atoms with Crippen molar-refractivity contribution in [2.45, 2.75) is 6.92 Å². The van der Waals surface area contributed by atoms with E-state index >= 15 is 0 Å². The number of thiazole rings is 1. The average Bonchev–Trinajstić information content (AvgIpc) is 3.12. The molecule has 0 aliphatic rings. The summed E-state index contributed by atoms with van der Waals surface area (Å²) in [4.78, 5) is 16.6. The SMILES string of the molecule is Cc1cc(C(=O)Nc2nc(-c3ccco3)cs2)ccc1I. The molecule has 0 saturated carbocycles. The highest BCUT2D eigenvalue weighted by molar-refractivity contribution is 14.1. The standard InChI is InChI=1S/C15H11IN2O2S/c1-9-7-10(4-5-11(9)16)14(19)18-15-17-12(8-21-15)13-3-2-6-20-13/h2-8H,1H3,(H,17,18,19). The summed E-state index contributed by atoms with van der Waals surface area (Å²) in [6, 6.07) is 9.26. The second-order valence-electron chi connectivity index (χ2n) is 4.43. The molecule has 0 spiro atoms. The Morgan fingerprint density at radius 1 is 1.38 bits per heavy atom. The third-order valence-electron chi connectivity index (χ3n) is 2.92. The fourth-order valence-electron chi connectivity index (χ4n) is 1.82. The molecule has 2 aromatic heterocycles. The summed E-state index contributed by atoms with van der Waals surface area (Å²) in [5.41, 5.74) is 2.43. The van der Waals surface area contributed by atoms with Gasteiger partial charge in [-0.2, -0.15) is 0 Å². The van der Waals surface area contributed by atoms with Gasteiger partial charge in [0.2, 0.25) is 0 Å². The Balaban J connectivity index is 1.77. The third kappa shape index (κ3) is 3.16. The van der Waals surface area contributed by atoms with E-state index in [1.807, 2.05) is 36.6 Å². The van der Waals surface area contributed by atoms with Crippen LogP contribution in [0.2, 0.25) is 0 Å². The van der Waals surface area contributed by atoms with Crippen LogP contribution in [0.1, 0.15) is 15.9 Å². The number of aromatic nitrogens is 1. The van der Waals surface area contributed by atoms with Gasteiger partial charge in [-0.25, -0.2) is 4.98 Å². The smallest absolute Gasteiger partial charge is 0.257 e. The molecular formula is C15H11IN2O2S. The number of hydrogen-bond donors (Lipinski definition) is 1. The van der Waals surface area contributed by atoms with E-state index in [9.17, 15) is 4.79 Å². The van der Waals surface area contributed by atoms with E-state index < -0.39 is 0 Å². The number of furan rings is 1. The quantitative estimate of drug-likeness (QED) is 0.644. The Morgan fingerprint density at radius 2 is 2.24 bits per heavy atom. The first-order valence-corrected chi connectivity index (χ1v) is 8.16.